The normalized spacial score (nSPS) is 21.0. The Labute approximate surface area is 167 Å². The van der Waals surface area contributed by atoms with Crippen LogP contribution in [0.25, 0.3) is 0 Å². The minimum Gasteiger partial charge on any atom is -0.377 e. The maximum atomic E-state index is 6.29. The predicted molar refractivity (Wildman–Crippen MR) is 113 cm³/mol. The molecule has 27 heavy (non-hydrogen) atoms. The van der Waals surface area contributed by atoms with E-state index in [9.17, 15) is 0 Å². The number of rotatable bonds is 10. The van der Waals surface area contributed by atoms with Crippen molar-refractivity contribution >= 4 is 14.8 Å². The first kappa shape index (κ1) is 22.7. The lowest BCUT2D eigenvalue weighted by Gasteiger charge is -2.38. The van der Waals surface area contributed by atoms with E-state index < -0.39 is 8.80 Å². The molecule has 3 N–H and O–H groups in total. The van der Waals surface area contributed by atoms with E-state index in [2.05, 4.69) is 10.3 Å². The van der Waals surface area contributed by atoms with Gasteiger partial charge in [-0.25, -0.2) is 0 Å². The second kappa shape index (κ2) is 12.0. The van der Waals surface area contributed by atoms with Crippen LogP contribution in [-0.2, 0) is 13.3 Å². The van der Waals surface area contributed by atoms with Crippen molar-refractivity contribution < 1.29 is 13.3 Å². The Morgan fingerprint density at radius 1 is 0.926 bits per heavy atom. The predicted octanol–water partition coefficient (Wildman–Crippen LogP) is 3.69. The van der Waals surface area contributed by atoms with Gasteiger partial charge in [0.25, 0.3) is 0 Å². The van der Waals surface area contributed by atoms with Crippen molar-refractivity contribution in [3.05, 3.63) is 0 Å². The van der Waals surface area contributed by atoms with Crippen LogP contribution in [0.5, 0.6) is 0 Å². The van der Waals surface area contributed by atoms with Crippen molar-refractivity contribution in [2.45, 2.75) is 82.7 Å². The van der Waals surface area contributed by atoms with Crippen LogP contribution >= 0.6 is 0 Å². The van der Waals surface area contributed by atoms with Crippen molar-refractivity contribution in [2.75, 3.05) is 27.9 Å². The van der Waals surface area contributed by atoms with Crippen molar-refractivity contribution in [2.24, 2.45) is 22.6 Å². The van der Waals surface area contributed by atoms with Gasteiger partial charge in [0.2, 0.25) is 0 Å². The van der Waals surface area contributed by atoms with Gasteiger partial charge in [0, 0.05) is 40.0 Å². The van der Waals surface area contributed by atoms with Crippen molar-refractivity contribution in [3.8, 4) is 0 Å². The molecule has 0 radical (unpaired) electrons. The number of nitrogens with two attached hydrogens (primary N) is 1. The van der Waals surface area contributed by atoms with Crippen LogP contribution in [0.15, 0.2) is 4.99 Å². The van der Waals surface area contributed by atoms with Crippen LogP contribution in [0.1, 0.15) is 70.6 Å². The van der Waals surface area contributed by atoms with Gasteiger partial charge in [-0.2, -0.15) is 0 Å². The van der Waals surface area contributed by atoms with Gasteiger partial charge in [-0.1, -0.05) is 38.5 Å². The number of nitrogens with zero attached hydrogens (tertiary/aromatic N) is 1. The first-order chi connectivity index (χ1) is 13.1. The first-order valence-electron chi connectivity index (χ1n) is 10.9. The zero-order valence-corrected chi connectivity index (χ0v) is 18.7. The monoisotopic (exact) mass is 399 g/mol. The lowest BCUT2D eigenvalue weighted by molar-refractivity contribution is 0.123. The molecule has 0 aromatic heterocycles. The summed E-state index contributed by atoms with van der Waals surface area (Å²) in [7, 11) is 2.44. The second-order valence-electron chi connectivity index (χ2n) is 8.13. The smallest absolute Gasteiger partial charge is 0.377 e. The van der Waals surface area contributed by atoms with Crippen LogP contribution in [0.4, 0.5) is 0 Å². The molecule has 2 aliphatic carbocycles. The standard InChI is InChI=1S/C20H41N3O3Si/c1-24-27(25-2,26-3)16-10-15-22-20(21)23-19(17-11-6-4-7-12-17)18-13-8-5-9-14-18/h17-19H,4-16H2,1-3H3,(H3,21,22,23). The summed E-state index contributed by atoms with van der Waals surface area (Å²) < 4.78 is 16.4. The third-order valence-electron chi connectivity index (χ3n) is 6.49. The zero-order chi connectivity index (χ0) is 19.5. The first-order valence-corrected chi connectivity index (χ1v) is 12.8. The van der Waals surface area contributed by atoms with E-state index in [-0.39, 0.29) is 0 Å². The molecule has 0 aromatic carbocycles. The summed E-state index contributed by atoms with van der Waals surface area (Å²) in [5.74, 6) is 2.12. The molecule has 0 saturated heterocycles. The Morgan fingerprint density at radius 2 is 1.41 bits per heavy atom. The third-order valence-corrected chi connectivity index (χ3v) is 9.32. The van der Waals surface area contributed by atoms with Crippen molar-refractivity contribution in [1.82, 2.24) is 5.32 Å². The Morgan fingerprint density at radius 3 is 1.85 bits per heavy atom. The molecule has 0 heterocycles. The summed E-state index contributed by atoms with van der Waals surface area (Å²) in [6.45, 7) is 0.672. The molecular formula is C20H41N3O3Si. The van der Waals surface area contributed by atoms with E-state index in [0.717, 1.165) is 24.3 Å². The van der Waals surface area contributed by atoms with E-state index in [1.54, 1.807) is 21.3 Å². The van der Waals surface area contributed by atoms with Gasteiger partial charge in [-0.15, -0.1) is 0 Å². The highest BCUT2D eigenvalue weighted by molar-refractivity contribution is 6.60. The number of guanidine groups is 1. The SMILES string of the molecule is CO[Si](CCCN=C(N)NC(C1CCCCC1)C1CCCCC1)(OC)OC. The molecule has 2 aliphatic rings. The Kier molecular flexibility index (Phi) is 10.1. The molecule has 158 valence electrons. The Hall–Kier alpha value is -0.633. The van der Waals surface area contributed by atoms with E-state index in [1.807, 2.05) is 0 Å². The lowest BCUT2D eigenvalue weighted by atomic mass is 9.74. The van der Waals surface area contributed by atoms with Crippen molar-refractivity contribution in [3.63, 3.8) is 0 Å². The molecule has 0 unspecified atom stereocenters. The Balaban J connectivity index is 1.87. The molecule has 0 amide bonds. The minimum atomic E-state index is -2.51. The molecule has 0 aliphatic heterocycles. The fourth-order valence-electron chi connectivity index (χ4n) is 4.87. The molecule has 6 nitrogen and oxygen atoms in total. The molecular weight excluding hydrogens is 358 g/mol. The summed E-state index contributed by atoms with van der Waals surface area (Å²) in [5.41, 5.74) is 6.29. The van der Waals surface area contributed by atoms with Crippen LogP contribution < -0.4 is 11.1 Å². The number of hydrogen-bond donors (Lipinski definition) is 2. The van der Waals surface area contributed by atoms with Crippen LogP contribution in [0, 0.1) is 11.8 Å². The average molecular weight is 400 g/mol. The minimum absolute atomic E-state index is 0.500. The maximum absolute atomic E-state index is 6.29. The summed E-state index contributed by atoms with van der Waals surface area (Å²) in [6, 6.07) is 1.25. The van der Waals surface area contributed by atoms with Gasteiger partial charge >= 0.3 is 8.80 Å². The van der Waals surface area contributed by atoms with Gasteiger partial charge < -0.3 is 24.3 Å². The van der Waals surface area contributed by atoms with Crippen LogP contribution in [0.3, 0.4) is 0 Å². The van der Waals surface area contributed by atoms with Crippen LogP contribution in [0.2, 0.25) is 6.04 Å². The molecule has 0 atom stereocenters. The molecule has 0 bridgehead atoms. The van der Waals surface area contributed by atoms with E-state index in [0.29, 0.717) is 18.5 Å². The quantitative estimate of drug-likeness (QED) is 0.253. The second-order valence-corrected chi connectivity index (χ2v) is 11.2. The number of nitrogens with one attached hydrogen (secondary N) is 1. The number of aliphatic imine (C=N–C) groups is 1. The van der Waals surface area contributed by atoms with E-state index in [4.69, 9.17) is 19.0 Å². The Bertz CT molecular complexity index is 408. The van der Waals surface area contributed by atoms with Crippen LogP contribution in [-0.4, -0.2) is 48.7 Å². The summed E-state index contributed by atoms with van der Waals surface area (Å²) in [5, 5.41) is 3.64. The average Bonchev–Trinajstić information content (AvgIpc) is 2.74. The molecule has 0 spiro atoms. The molecule has 7 heteroatoms. The highest BCUT2D eigenvalue weighted by Crippen LogP contribution is 2.35. The fourth-order valence-corrected chi connectivity index (χ4v) is 6.58. The van der Waals surface area contributed by atoms with Crippen molar-refractivity contribution in [1.29, 1.82) is 0 Å². The maximum Gasteiger partial charge on any atom is 0.500 e. The molecule has 2 saturated carbocycles. The lowest BCUT2D eigenvalue weighted by Crippen LogP contribution is -2.49. The van der Waals surface area contributed by atoms with Gasteiger partial charge in [-0.05, 0) is 43.9 Å². The molecule has 2 fully saturated rings. The summed E-state index contributed by atoms with van der Waals surface area (Å²) in [6.07, 6.45) is 14.4. The number of hydrogen-bond acceptors (Lipinski definition) is 4. The van der Waals surface area contributed by atoms with Gasteiger partial charge in [-0.3, -0.25) is 4.99 Å². The highest BCUT2D eigenvalue weighted by Gasteiger charge is 2.37. The van der Waals surface area contributed by atoms with E-state index >= 15 is 0 Å². The molecule has 2 rings (SSSR count). The molecule has 0 aromatic rings. The summed E-state index contributed by atoms with van der Waals surface area (Å²) >= 11 is 0. The topological polar surface area (TPSA) is 78.1 Å². The zero-order valence-electron chi connectivity index (χ0n) is 17.7. The fraction of sp³-hybridized carbons (Fsp3) is 0.950. The summed E-state index contributed by atoms with van der Waals surface area (Å²) in [4.78, 5) is 4.60. The van der Waals surface area contributed by atoms with E-state index in [1.165, 1.54) is 64.2 Å². The van der Waals surface area contributed by atoms with Gasteiger partial charge in [0.1, 0.15) is 0 Å². The largest absolute Gasteiger partial charge is 0.500 e. The highest BCUT2D eigenvalue weighted by atomic mass is 28.4. The third kappa shape index (κ3) is 7.04. The van der Waals surface area contributed by atoms with Gasteiger partial charge in [0.05, 0.1) is 0 Å². The van der Waals surface area contributed by atoms with Gasteiger partial charge in [0.15, 0.2) is 5.96 Å².